The fourth-order valence-electron chi connectivity index (χ4n) is 2.31. The first-order valence-electron chi connectivity index (χ1n) is 6.99. The second-order valence-corrected chi connectivity index (χ2v) is 5.84. The van der Waals surface area contributed by atoms with E-state index < -0.39 is 5.60 Å². The summed E-state index contributed by atoms with van der Waals surface area (Å²) < 4.78 is 5.05. The highest BCUT2D eigenvalue weighted by atomic mass is 16.5. The van der Waals surface area contributed by atoms with E-state index >= 15 is 0 Å². The number of esters is 1. The molecule has 0 aromatic carbocycles. The minimum absolute atomic E-state index is 0.0495. The Morgan fingerprint density at radius 3 is 2.39 bits per heavy atom. The Balaban J connectivity index is 2.33. The number of hydrogen-bond acceptors (Lipinski definition) is 4. The van der Waals surface area contributed by atoms with Gasteiger partial charge in [0, 0.05) is 12.1 Å². The molecule has 0 aliphatic heterocycles. The molecule has 0 bridgehead atoms. The van der Waals surface area contributed by atoms with E-state index in [1.54, 1.807) is 0 Å². The standard InChI is InChI=1S/C14H27NO3/c1-5-18-13(16)11-6-8-12(9-7-11)15-10(2)14(3,4)17/h10-12,15,17H,5-9H2,1-4H3. The molecule has 1 saturated carbocycles. The van der Waals surface area contributed by atoms with E-state index in [4.69, 9.17) is 4.74 Å². The van der Waals surface area contributed by atoms with Gasteiger partial charge in [0.15, 0.2) is 0 Å². The van der Waals surface area contributed by atoms with Crippen molar-refractivity contribution in [1.29, 1.82) is 0 Å². The molecule has 106 valence electrons. The Morgan fingerprint density at radius 1 is 1.39 bits per heavy atom. The van der Waals surface area contributed by atoms with E-state index in [2.05, 4.69) is 5.32 Å². The van der Waals surface area contributed by atoms with E-state index in [-0.39, 0.29) is 17.9 Å². The molecule has 0 amide bonds. The maximum absolute atomic E-state index is 11.6. The van der Waals surface area contributed by atoms with Crippen LogP contribution >= 0.6 is 0 Å². The molecule has 1 fully saturated rings. The number of carbonyl (C=O) groups is 1. The van der Waals surface area contributed by atoms with Crippen LogP contribution < -0.4 is 5.32 Å². The molecule has 4 nitrogen and oxygen atoms in total. The van der Waals surface area contributed by atoms with Crippen LogP contribution in [0.15, 0.2) is 0 Å². The Labute approximate surface area is 110 Å². The molecular formula is C14H27NO3. The summed E-state index contributed by atoms with van der Waals surface area (Å²) in [4.78, 5) is 11.6. The van der Waals surface area contributed by atoms with Gasteiger partial charge in [-0.25, -0.2) is 0 Å². The molecule has 0 aromatic rings. The van der Waals surface area contributed by atoms with E-state index in [1.165, 1.54) is 0 Å². The summed E-state index contributed by atoms with van der Waals surface area (Å²) in [5.41, 5.74) is -0.710. The molecule has 0 aromatic heterocycles. The second kappa shape index (κ2) is 6.53. The van der Waals surface area contributed by atoms with Crippen LogP contribution in [0.5, 0.6) is 0 Å². The van der Waals surface area contributed by atoms with Crippen molar-refractivity contribution in [2.75, 3.05) is 6.61 Å². The van der Waals surface area contributed by atoms with Gasteiger partial charge < -0.3 is 15.2 Å². The third-order valence-corrected chi connectivity index (χ3v) is 3.89. The lowest BCUT2D eigenvalue weighted by Gasteiger charge is -2.34. The first-order chi connectivity index (χ1) is 8.34. The smallest absolute Gasteiger partial charge is 0.308 e. The van der Waals surface area contributed by atoms with Crippen molar-refractivity contribution in [1.82, 2.24) is 5.32 Å². The summed E-state index contributed by atoms with van der Waals surface area (Å²) in [5, 5.41) is 13.3. The SMILES string of the molecule is CCOC(=O)C1CCC(NC(C)C(C)(C)O)CC1. The van der Waals surface area contributed by atoms with Crippen LogP contribution in [0.3, 0.4) is 0 Å². The minimum Gasteiger partial charge on any atom is -0.466 e. The van der Waals surface area contributed by atoms with Crippen molar-refractivity contribution in [3.05, 3.63) is 0 Å². The van der Waals surface area contributed by atoms with Crippen LogP contribution in [0.2, 0.25) is 0 Å². The van der Waals surface area contributed by atoms with Gasteiger partial charge in [0.05, 0.1) is 18.1 Å². The third kappa shape index (κ3) is 4.58. The van der Waals surface area contributed by atoms with E-state index in [9.17, 15) is 9.90 Å². The molecule has 1 atom stereocenters. The zero-order valence-corrected chi connectivity index (χ0v) is 12.0. The van der Waals surface area contributed by atoms with Gasteiger partial charge in [-0.3, -0.25) is 4.79 Å². The average Bonchev–Trinajstić information content (AvgIpc) is 2.29. The number of aliphatic hydroxyl groups is 1. The molecular weight excluding hydrogens is 230 g/mol. The van der Waals surface area contributed by atoms with Crippen molar-refractivity contribution in [2.24, 2.45) is 5.92 Å². The van der Waals surface area contributed by atoms with Crippen molar-refractivity contribution in [2.45, 2.75) is 71.1 Å². The quantitative estimate of drug-likeness (QED) is 0.738. The number of carbonyl (C=O) groups excluding carboxylic acids is 1. The fourth-order valence-corrected chi connectivity index (χ4v) is 2.31. The van der Waals surface area contributed by atoms with Gasteiger partial charge in [-0.1, -0.05) is 0 Å². The zero-order valence-electron chi connectivity index (χ0n) is 12.0. The first kappa shape index (κ1) is 15.4. The van der Waals surface area contributed by atoms with Crippen molar-refractivity contribution in [3.8, 4) is 0 Å². The molecule has 4 heteroatoms. The molecule has 18 heavy (non-hydrogen) atoms. The maximum Gasteiger partial charge on any atom is 0.308 e. The summed E-state index contributed by atoms with van der Waals surface area (Å²) in [6.45, 7) is 7.93. The van der Waals surface area contributed by atoms with Gasteiger partial charge >= 0.3 is 5.97 Å². The Morgan fingerprint density at radius 2 is 1.94 bits per heavy atom. The average molecular weight is 257 g/mol. The highest BCUT2D eigenvalue weighted by molar-refractivity contribution is 5.72. The Bertz CT molecular complexity index is 265. The highest BCUT2D eigenvalue weighted by Crippen LogP contribution is 2.26. The molecule has 1 aliphatic carbocycles. The van der Waals surface area contributed by atoms with Crippen LogP contribution in [-0.2, 0) is 9.53 Å². The molecule has 0 heterocycles. The van der Waals surface area contributed by atoms with E-state index in [0.717, 1.165) is 25.7 Å². The fraction of sp³-hybridized carbons (Fsp3) is 0.929. The van der Waals surface area contributed by atoms with Crippen molar-refractivity contribution >= 4 is 5.97 Å². The van der Waals surface area contributed by atoms with Crippen molar-refractivity contribution in [3.63, 3.8) is 0 Å². The molecule has 0 spiro atoms. The van der Waals surface area contributed by atoms with Crippen molar-refractivity contribution < 1.29 is 14.6 Å². The topological polar surface area (TPSA) is 58.6 Å². The van der Waals surface area contributed by atoms with Crippen LogP contribution in [0, 0.1) is 5.92 Å². The summed E-state index contributed by atoms with van der Waals surface area (Å²) in [5.74, 6) is 0.0203. The summed E-state index contributed by atoms with van der Waals surface area (Å²) >= 11 is 0. The lowest BCUT2D eigenvalue weighted by Crippen LogP contribution is -2.50. The minimum atomic E-state index is -0.710. The Hall–Kier alpha value is -0.610. The summed E-state index contributed by atoms with van der Waals surface area (Å²) in [7, 11) is 0. The van der Waals surface area contributed by atoms with Crippen LogP contribution in [-0.4, -0.2) is 35.4 Å². The van der Waals surface area contributed by atoms with Crippen LogP contribution in [0.4, 0.5) is 0 Å². The van der Waals surface area contributed by atoms with Gasteiger partial charge in [0.1, 0.15) is 0 Å². The lowest BCUT2D eigenvalue weighted by molar-refractivity contribution is -0.149. The predicted molar refractivity (Wildman–Crippen MR) is 71.3 cm³/mol. The second-order valence-electron chi connectivity index (χ2n) is 5.84. The molecule has 1 rings (SSSR count). The number of rotatable bonds is 5. The highest BCUT2D eigenvalue weighted by Gasteiger charge is 2.30. The molecule has 0 saturated heterocycles. The maximum atomic E-state index is 11.6. The first-order valence-corrected chi connectivity index (χ1v) is 6.99. The molecule has 0 radical (unpaired) electrons. The third-order valence-electron chi connectivity index (χ3n) is 3.89. The normalized spacial score (nSPS) is 26.7. The molecule has 1 unspecified atom stereocenters. The number of ether oxygens (including phenoxy) is 1. The van der Waals surface area contributed by atoms with Crippen LogP contribution in [0.1, 0.15) is 53.4 Å². The van der Waals surface area contributed by atoms with Gasteiger partial charge in [0.25, 0.3) is 0 Å². The predicted octanol–water partition coefficient (Wildman–Crippen LogP) is 1.86. The molecule has 2 N–H and O–H groups in total. The Kier molecular flexibility index (Phi) is 5.60. The number of hydrogen-bond donors (Lipinski definition) is 2. The van der Waals surface area contributed by atoms with Gasteiger partial charge in [-0.2, -0.15) is 0 Å². The van der Waals surface area contributed by atoms with Gasteiger partial charge in [-0.15, -0.1) is 0 Å². The molecule has 1 aliphatic rings. The lowest BCUT2D eigenvalue weighted by atomic mass is 9.85. The monoisotopic (exact) mass is 257 g/mol. The number of nitrogens with one attached hydrogen (secondary N) is 1. The van der Waals surface area contributed by atoms with Crippen LogP contribution in [0.25, 0.3) is 0 Å². The van der Waals surface area contributed by atoms with Gasteiger partial charge in [-0.05, 0) is 53.4 Å². The van der Waals surface area contributed by atoms with Gasteiger partial charge in [0.2, 0.25) is 0 Å². The summed E-state index contributed by atoms with van der Waals surface area (Å²) in [6, 6.07) is 0.457. The summed E-state index contributed by atoms with van der Waals surface area (Å²) in [6.07, 6.45) is 3.72. The zero-order chi connectivity index (χ0) is 13.8. The van der Waals surface area contributed by atoms with E-state index in [1.807, 2.05) is 27.7 Å². The largest absolute Gasteiger partial charge is 0.466 e. The van der Waals surface area contributed by atoms with E-state index in [0.29, 0.717) is 12.6 Å².